The third-order valence-corrected chi connectivity index (χ3v) is 9.33. The van der Waals surface area contributed by atoms with Crippen molar-refractivity contribution in [1.82, 2.24) is 19.8 Å². The standard InChI is InChI=1S/C30H31ClFN5O3/c1-35-26(37-8-7-25(38)34-29(37)39)14-33-28(35)19-5-6-20-16-36(17-21(20)9-19)15-18-10-30(11-18)12-22(13-30)40-27-23(31)3-2-4-24(27)32/h2-6,9,14,18,22H,7-8,10-13,15-17H2,1H3,(H,34,38,39). The van der Waals surface area contributed by atoms with Crippen LogP contribution in [0.2, 0.25) is 5.02 Å². The molecule has 2 aliphatic heterocycles. The van der Waals surface area contributed by atoms with Gasteiger partial charge in [-0.05, 0) is 66.3 Å². The Bertz CT molecular complexity index is 1490. The van der Waals surface area contributed by atoms with Gasteiger partial charge < -0.3 is 9.30 Å². The number of carbonyl (C=O) groups is 2. The summed E-state index contributed by atoms with van der Waals surface area (Å²) in [7, 11) is 1.90. The lowest BCUT2D eigenvalue weighted by Gasteiger charge is -2.57. The van der Waals surface area contributed by atoms with Crippen LogP contribution in [0.4, 0.5) is 15.0 Å². The molecule has 10 heteroatoms. The number of hydrogen-bond donors (Lipinski definition) is 1. The fourth-order valence-electron chi connectivity index (χ4n) is 7.18. The van der Waals surface area contributed by atoms with Gasteiger partial charge in [0.05, 0.1) is 11.2 Å². The Morgan fingerprint density at radius 2 is 1.93 bits per heavy atom. The molecule has 3 heterocycles. The van der Waals surface area contributed by atoms with Gasteiger partial charge in [-0.25, -0.2) is 14.2 Å². The van der Waals surface area contributed by atoms with E-state index >= 15 is 0 Å². The zero-order chi connectivity index (χ0) is 27.6. The fraction of sp³-hybridized carbons (Fsp3) is 0.433. The van der Waals surface area contributed by atoms with Crippen LogP contribution in [-0.4, -0.2) is 45.6 Å². The topological polar surface area (TPSA) is 79.7 Å². The van der Waals surface area contributed by atoms with E-state index in [1.807, 2.05) is 11.6 Å². The minimum atomic E-state index is -0.410. The Hall–Kier alpha value is -3.43. The number of imide groups is 1. The maximum Gasteiger partial charge on any atom is 0.329 e. The molecule has 2 aliphatic carbocycles. The Labute approximate surface area is 237 Å². The molecule has 2 saturated carbocycles. The first kappa shape index (κ1) is 25.5. The molecule has 208 valence electrons. The Kier molecular flexibility index (Phi) is 6.12. The number of anilines is 1. The molecule has 0 radical (unpaired) electrons. The zero-order valence-corrected chi connectivity index (χ0v) is 23.1. The van der Waals surface area contributed by atoms with Crippen LogP contribution in [0.5, 0.6) is 5.75 Å². The van der Waals surface area contributed by atoms with E-state index in [-0.39, 0.29) is 24.2 Å². The summed E-state index contributed by atoms with van der Waals surface area (Å²) in [6, 6.07) is 10.7. The first-order valence-corrected chi connectivity index (χ1v) is 14.2. The molecule has 2 aromatic carbocycles. The highest BCUT2D eigenvalue weighted by Crippen LogP contribution is 2.60. The van der Waals surface area contributed by atoms with Gasteiger partial charge in [-0.15, -0.1) is 0 Å². The molecule has 1 saturated heterocycles. The van der Waals surface area contributed by atoms with Crippen molar-refractivity contribution in [1.29, 1.82) is 0 Å². The minimum absolute atomic E-state index is 0.0447. The lowest BCUT2D eigenvalue weighted by atomic mass is 9.50. The molecule has 3 aromatic rings. The predicted octanol–water partition coefficient (Wildman–Crippen LogP) is 5.28. The number of urea groups is 1. The van der Waals surface area contributed by atoms with E-state index in [1.165, 1.54) is 30.0 Å². The predicted molar refractivity (Wildman–Crippen MR) is 148 cm³/mol. The van der Waals surface area contributed by atoms with Gasteiger partial charge in [0.1, 0.15) is 17.7 Å². The number of benzene rings is 2. The zero-order valence-electron chi connectivity index (χ0n) is 22.3. The number of para-hydroxylation sites is 1. The van der Waals surface area contributed by atoms with Crippen LogP contribution in [0.3, 0.4) is 0 Å². The number of rotatable bonds is 6. The molecular weight excluding hydrogens is 533 g/mol. The second-order valence-electron chi connectivity index (χ2n) is 11.9. The lowest BCUT2D eigenvalue weighted by Crippen LogP contribution is -2.53. The molecule has 4 aliphatic rings. The lowest BCUT2D eigenvalue weighted by molar-refractivity contribution is -0.120. The summed E-state index contributed by atoms with van der Waals surface area (Å²) < 4.78 is 21.9. The normalized spacial score (nSPS) is 25.9. The SMILES string of the molecule is Cn1c(N2CCC(=O)NC2=O)cnc1-c1ccc2c(c1)CN(CC1CC3(C1)CC(Oc1c(F)cccc1Cl)C3)C2. The molecule has 0 atom stereocenters. The van der Waals surface area contributed by atoms with Crippen molar-refractivity contribution >= 4 is 29.4 Å². The summed E-state index contributed by atoms with van der Waals surface area (Å²) in [5.74, 6) is 1.67. The molecule has 3 amide bonds. The average molecular weight is 564 g/mol. The maximum atomic E-state index is 14.1. The van der Waals surface area contributed by atoms with Gasteiger partial charge in [0.15, 0.2) is 11.6 Å². The summed E-state index contributed by atoms with van der Waals surface area (Å²) in [5.41, 5.74) is 4.03. The van der Waals surface area contributed by atoms with Crippen LogP contribution in [0, 0.1) is 17.2 Å². The van der Waals surface area contributed by atoms with E-state index in [4.69, 9.17) is 16.3 Å². The van der Waals surface area contributed by atoms with Gasteiger partial charge in [0.2, 0.25) is 5.91 Å². The van der Waals surface area contributed by atoms with Gasteiger partial charge in [-0.2, -0.15) is 0 Å². The molecule has 1 spiro atoms. The molecule has 0 unspecified atom stereocenters. The highest BCUT2D eigenvalue weighted by molar-refractivity contribution is 6.32. The summed E-state index contributed by atoms with van der Waals surface area (Å²) in [6.07, 6.45) is 6.35. The third-order valence-electron chi connectivity index (χ3n) is 9.03. The van der Waals surface area contributed by atoms with Crippen molar-refractivity contribution in [2.45, 2.75) is 51.3 Å². The summed E-state index contributed by atoms with van der Waals surface area (Å²) in [6.45, 7) is 3.28. The summed E-state index contributed by atoms with van der Waals surface area (Å²) in [5, 5.41) is 2.71. The smallest absolute Gasteiger partial charge is 0.329 e. The number of aromatic nitrogens is 2. The van der Waals surface area contributed by atoms with Crippen LogP contribution >= 0.6 is 11.6 Å². The van der Waals surface area contributed by atoms with Crippen molar-refractivity contribution < 1.29 is 18.7 Å². The molecule has 8 nitrogen and oxygen atoms in total. The number of halogens is 2. The van der Waals surface area contributed by atoms with Gasteiger partial charge >= 0.3 is 6.03 Å². The molecule has 7 rings (SSSR count). The number of hydrogen-bond acceptors (Lipinski definition) is 5. The fourth-order valence-corrected chi connectivity index (χ4v) is 7.39. The van der Waals surface area contributed by atoms with E-state index in [2.05, 4.69) is 33.4 Å². The number of imidazole rings is 1. The Balaban J connectivity index is 0.936. The average Bonchev–Trinajstić information content (AvgIpc) is 3.45. The van der Waals surface area contributed by atoms with Crippen LogP contribution in [0.25, 0.3) is 11.4 Å². The second-order valence-corrected chi connectivity index (χ2v) is 12.3. The van der Waals surface area contributed by atoms with Gasteiger partial charge in [0.25, 0.3) is 0 Å². The second kappa shape index (κ2) is 9.59. The molecule has 3 fully saturated rings. The van der Waals surface area contributed by atoms with Gasteiger partial charge in [-0.1, -0.05) is 29.8 Å². The van der Waals surface area contributed by atoms with Gasteiger partial charge in [0, 0.05) is 45.2 Å². The Morgan fingerprint density at radius 1 is 1.12 bits per heavy atom. The summed E-state index contributed by atoms with van der Waals surface area (Å²) in [4.78, 5) is 32.5. The van der Waals surface area contributed by atoms with Crippen molar-refractivity contribution in [3.05, 3.63) is 64.6 Å². The van der Waals surface area contributed by atoms with Crippen molar-refractivity contribution in [2.24, 2.45) is 18.4 Å². The Morgan fingerprint density at radius 3 is 2.70 bits per heavy atom. The molecular formula is C30H31ClFN5O3. The van der Waals surface area contributed by atoms with Crippen LogP contribution in [0.1, 0.15) is 43.2 Å². The van der Waals surface area contributed by atoms with E-state index in [0.717, 1.165) is 43.9 Å². The van der Waals surface area contributed by atoms with Crippen LogP contribution in [-0.2, 0) is 24.9 Å². The number of nitrogens with one attached hydrogen (secondary N) is 1. The largest absolute Gasteiger partial charge is 0.486 e. The molecule has 1 N–H and O–H groups in total. The number of ether oxygens (including phenoxy) is 1. The van der Waals surface area contributed by atoms with E-state index in [0.29, 0.717) is 28.7 Å². The molecule has 40 heavy (non-hydrogen) atoms. The van der Waals surface area contributed by atoms with Crippen LogP contribution in [0.15, 0.2) is 42.6 Å². The summed E-state index contributed by atoms with van der Waals surface area (Å²) >= 11 is 6.12. The monoisotopic (exact) mass is 563 g/mol. The molecule has 0 bridgehead atoms. The van der Waals surface area contributed by atoms with E-state index < -0.39 is 11.8 Å². The van der Waals surface area contributed by atoms with Crippen LogP contribution < -0.4 is 15.0 Å². The molecule has 1 aromatic heterocycles. The number of amides is 3. The van der Waals surface area contributed by atoms with E-state index in [1.54, 1.807) is 23.2 Å². The highest BCUT2D eigenvalue weighted by Gasteiger charge is 2.54. The first-order valence-electron chi connectivity index (χ1n) is 13.9. The maximum absolute atomic E-state index is 14.1. The van der Waals surface area contributed by atoms with Crippen molar-refractivity contribution in [3.63, 3.8) is 0 Å². The van der Waals surface area contributed by atoms with Crippen molar-refractivity contribution in [2.75, 3.05) is 18.0 Å². The quantitative estimate of drug-likeness (QED) is 0.441. The van der Waals surface area contributed by atoms with Gasteiger partial charge in [-0.3, -0.25) is 19.9 Å². The third kappa shape index (κ3) is 4.45. The number of carbonyl (C=O) groups excluding carboxylic acids is 2. The number of fused-ring (bicyclic) bond motifs is 1. The minimum Gasteiger partial charge on any atom is -0.486 e. The number of nitrogens with zero attached hydrogens (tertiary/aromatic N) is 4. The highest BCUT2D eigenvalue weighted by atomic mass is 35.5. The van der Waals surface area contributed by atoms with E-state index in [9.17, 15) is 14.0 Å². The van der Waals surface area contributed by atoms with Crippen molar-refractivity contribution in [3.8, 4) is 17.1 Å². The first-order chi connectivity index (χ1) is 19.3.